The van der Waals surface area contributed by atoms with E-state index in [0.29, 0.717) is 12.1 Å². The number of carbonyl (C=O) groups excluding carboxylic acids is 1. The molecule has 0 spiro atoms. The maximum absolute atomic E-state index is 12.5. The van der Waals surface area contributed by atoms with Crippen LogP contribution in [0.2, 0.25) is 0 Å². The molecule has 1 amide bonds. The fraction of sp³-hybridized carbons (Fsp3) is 0.588. The van der Waals surface area contributed by atoms with Crippen LogP contribution in [0.25, 0.3) is 0 Å². The van der Waals surface area contributed by atoms with Crippen LogP contribution in [-0.4, -0.2) is 42.5 Å². The van der Waals surface area contributed by atoms with Crippen LogP contribution in [0.4, 0.5) is 0 Å². The number of hydrogen-bond donors (Lipinski definition) is 2. The second-order valence-electron chi connectivity index (χ2n) is 6.47. The molecule has 0 aromatic heterocycles. The van der Waals surface area contributed by atoms with Crippen LogP contribution >= 0.6 is 24.8 Å². The Hall–Kier alpha value is -0.810. The maximum Gasteiger partial charge on any atom is 0.237 e. The molecule has 2 heterocycles. The zero-order chi connectivity index (χ0) is 14.8. The number of likely N-dealkylation sites (tertiary alicyclic amines) is 1. The van der Waals surface area contributed by atoms with E-state index in [9.17, 15) is 4.79 Å². The first-order chi connectivity index (χ1) is 10.1. The van der Waals surface area contributed by atoms with E-state index in [1.165, 1.54) is 11.1 Å². The van der Waals surface area contributed by atoms with E-state index in [4.69, 9.17) is 0 Å². The third kappa shape index (κ3) is 4.83. The molecule has 2 N–H and O–H groups in total. The number of amides is 1. The number of piperidine rings is 1. The van der Waals surface area contributed by atoms with Gasteiger partial charge in [-0.2, -0.15) is 0 Å². The Morgan fingerprint density at radius 3 is 2.65 bits per heavy atom. The van der Waals surface area contributed by atoms with Crippen LogP contribution in [0.3, 0.4) is 0 Å². The molecule has 3 rings (SSSR count). The van der Waals surface area contributed by atoms with Crippen molar-refractivity contribution in [2.24, 2.45) is 0 Å². The summed E-state index contributed by atoms with van der Waals surface area (Å²) in [5.74, 6) is 0.159. The molecule has 23 heavy (non-hydrogen) atoms. The van der Waals surface area contributed by atoms with Gasteiger partial charge in [0.1, 0.15) is 0 Å². The largest absolute Gasteiger partial charge is 0.352 e. The first-order valence-corrected chi connectivity index (χ1v) is 7.94. The van der Waals surface area contributed by atoms with Crippen molar-refractivity contribution in [3.63, 3.8) is 0 Å². The van der Waals surface area contributed by atoms with Crippen molar-refractivity contribution in [2.75, 3.05) is 13.6 Å². The molecule has 1 aromatic rings. The van der Waals surface area contributed by atoms with Gasteiger partial charge < -0.3 is 15.5 Å². The SMILES string of the molecule is CC1CC(NC(=O)C2Cc3ccccc3CN2)CCN1C.Cl.Cl. The average Bonchev–Trinajstić information content (AvgIpc) is 2.50. The van der Waals surface area contributed by atoms with Crippen molar-refractivity contribution >= 4 is 30.7 Å². The predicted molar refractivity (Wildman–Crippen MR) is 98.5 cm³/mol. The number of fused-ring (bicyclic) bond motifs is 1. The summed E-state index contributed by atoms with van der Waals surface area (Å²) in [6, 6.07) is 9.16. The quantitative estimate of drug-likeness (QED) is 0.850. The Kier molecular flexibility index (Phi) is 7.81. The van der Waals surface area contributed by atoms with E-state index in [0.717, 1.165) is 32.4 Å². The highest BCUT2D eigenvalue weighted by Gasteiger charge is 2.28. The number of nitrogens with zero attached hydrogens (tertiary/aromatic N) is 1. The number of benzene rings is 1. The normalized spacial score (nSPS) is 27.1. The Balaban J connectivity index is 0.00000132. The summed E-state index contributed by atoms with van der Waals surface area (Å²) in [5.41, 5.74) is 2.61. The lowest BCUT2D eigenvalue weighted by molar-refractivity contribution is -0.124. The molecular formula is C17H27Cl2N3O. The molecule has 0 bridgehead atoms. The molecule has 6 heteroatoms. The number of nitrogens with one attached hydrogen (secondary N) is 2. The maximum atomic E-state index is 12.5. The van der Waals surface area contributed by atoms with E-state index < -0.39 is 0 Å². The van der Waals surface area contributed by atoms with Gasteiger partial charge in [-0.3, -0.25) is 4.79 Å². The molecule has 3 unspecified atom stereocenters. The van der Waals surface area contributed by atoms with Crippen LogP contribution in [0.1, 0.15) is 30.9 Å². The summed E-state index contributed by atoms with van der Waals surface area (Å²) in [4.78, 5) is 14.8. The number of halogens is 2. The molecule has 2 aliphatic heterocycles. The fourth-order valence-electron chi connectivity index (χ4n) is 3.36. The van der Waals surface area contributed by atoms with Crippen molar-refractivity contribution in [1.29, 1.82) is 0 Å². The van der Waals surface area contributed by atoms with Gasteiger partial charge in [0.2, 0.25) is 5.91 Å². The van der Waals surface area contributed by atoms with Crippen LogP contribution in [0, 0.1) is 0 Å². The zero-order valence-corrected chi connectivity index (χ0v) is 15.4. The second-order valence-corrected chi connectivity index (χ2v) is 6.47. The van der Waals surface area contributed by atoms with Crippen molar-refractivity contribution < 1.29 is 4.79 Å². The van der Waals surface area contributed by atoms with Gasteiger partial charge >= 0.3 is 0 Å². The summed E-state index contributed by atoms with van der Waals surface area (Å²) < 4.78 is 0. The van der Waals surface area contributed by atoms with Crippen molar-refractivity contribution in [3.8, 4) is 0 Å². The lowest BCUT2D eigenvalue weighted by atomic mass is 9.94. The molecule has 1 aromatic carbocycles. The second kappa shape index (κ2) is 8.88. The van der Waals surface area contributed by atoms with Crippen molar-refractivity contribution in [2.45, 2.75) is 50.9 Å². The highest BCUT2D eigenvalue weighted by molar-refractivity contribution is 5.85. The lowest BCUT2D eigenvalue weighted by Crippen LogP contribution is -2.53. The van der Waals surface area contributed by atoms with Gasteiger partial charge in [-0.1, -0.05) is 24.3 Å². The Bertz CT molecular complexity index is 526. The number of rotatable bonds is 2. The van der Waals surface area contributed by atoms with Gasteiger partial charge in [-0.15, -0.1) is 24.8 Å². The number of carbonyl (C=O) groups is 1. The van der Waals surface area contributed by atoms with E-state index >= 15 is 0 Å². The van der Waals surface area contributed by atoms with E-state index in [1.54, 1.807) is 0 Å². The average molecular weight is 360 g/mol. The molecule has 130 valence electrons. The zero-order valence-electron chi connectivity index (χ0n) is 13.7. The Morgan fingerprint density at radius 2 is 1.96 bits per heavy atom. The van der Waals surface area contributed by atoms with Crippen LogP contribution in [0.5, 0.6) is 0 Å². The van der Waals surface area contributed by atoms with E-state index in [-0.39, 0.29) is 36.8 Å². The van der Waals surface area contributed by atoms with E-state index in [2.05, 4.69) is 53.8 Å². The third-order valence-corrected chi connectivity index (χ3v) is 4.95. The van der Waals surface area contributed by atoms with Gasteiger partial charge in [0.05, 0.1) is 6.04 Å². The topological polar surface area (TPSA) is 44.4 Å². The van der Waals surface area contributed by atoms with Crippen LogP contribution in [-0.2, 0) is 17.8 Å². The van der Waals surface area contributed by atoms with Gasteiger partial charge in [-0.05, 0) is 44.4 Å². The monoisotopic (exact) mass is 359 g/mol. The van der Waals surface area contributed by atoms with Crippen molar-refractivity contribution in [3.05, 3.63) is 35.4 Å². The minimum Gasteiger partial charge on any atom is -0.352 e. The van der Waals surface area contributed by atoms with E-state index in [1.807, 2.05) is 0 Å². The Morgan fingerprint density at radius 1 is 1.26 bits per heavy atom. The highest BCUT2D eigenvalue weighted by Crippen LogP contribution is 2.18. The Labute approximate surface area is 151 Å². The fourth-order valence-corrected chi connectivity index (χ4v) is 3.36. The van der Waals surface area contributed by atoms with Gasteiger partial charge in [0, 0.05) is 25.2 Å². The molecule has 2 aliphatic rings. The smallest absolute Gasteiger partial charge is 0.237 e. The highest BCUT2D eigenvalue weighted by atomic mass is 35.5. The predicted octanol–water partition coefficient (Wildman–Crippen LogP) is 2.14. The minimum atomic E-state index is -0.0881. The molecule has 4 nitrogen and oxygen atoms in total. The van der Waals surface area contributed by atoms with Crippen LogP contribution < -0.4 is 10.6 Å². The molecule has 0 radical (unpaired) electrons. The molecule has 3 atom stereocenters. The standard InChI is InChI=1S/C17H25N3O.2ClH/c1-12-9-15(7-8-20(12)2)19-17(21)16-10-13-5-3-4-6-14(13)11-18-16;;/h3-6,12,15-16,18H,7-11H2,1-2H3,(H,19,21);2*1H. The van der Waals surface area contributed by atoms with Gasteiger partial charge in [-0.25, -0.2) is 0 Å². The van der Waals surface area contributed by atoms with Gasteiger partial charge in [0.25, 0.3) is 0 Å². The molecule has 0 saturated carbocycles. The number of hydrogen-bond acceptors (Lipinski definition) is 3. The first-order valence-electron chi connectivity index (χ1n) is 7.94. The summed E-state index contributed by atoms with van der Waals surface area (Å²) >= 11 is 0. The molecule has 0 aliphatic carbocycles. The lowest BCUT2D eigenvalue weighted by Gasteiger charge is -2.36. The third-order valence-electron chi connectivity index (χ3n) is 4.95. The minimum absolute atomic E-state index is 0. The summed E-state index contributed by atoms with van der Waals surface area (Å²) in [5, 5.41) is 6.60. The summed E-state index contributed by atoms with van der Waals surface area (Å²) in [7, 11) is 2.16. The van der Waals surface area contributed by atoms with Gasteiger partial charge in [0.15, 0.2) is 0 Å². The molecule has 1 saturated heterocycles. The molecule has 1 fully saturated rings. The van der Waals surface area contributed by atoms with Crippen molar-refractivity contribution in [1.82, 2.24) is 15.5 Å². The molecular weight excluding hydrogens is 333 g/mol. The first kappa shape index (κ1) is 20.2. The van der Waals surface area contributed by atoms with Crippen LogP contribution in [0.15, 0.2) is 24.3 Å². The summed E-state index contributed by atoms with van der Waals surface area (Å²) in [6.07, 6.45) is 2.89. The summed E-state index contributed by atoms with van der Waals surface area (Å²) in [6.45, 7) is 4.08.